The molecule has 1 rings (SSSR count). The minimum atomic E-state index is -1.39. The summed E-state index contributed by atoms with van der Waals surface area (Å²) in [4.78, 5) is 11.2. The van der Waals surface area contributed by atoms with Crippen LogP contribution in [0.2, 0.25) is 0 Å². The zero-order valence-electron chi connectivity index (χ0n) is 10.2. The number of aliphatic hydroxyl groups is 3. The number of esters is 1. The maximum Gasteiger partial charge on any atom is 0.334 e. The van der Waals surface area contributed by atoms with Gasteiger partial charge in [0.25, 0.3) is 0 Å². The molecule has 1 aliphatic heterocycles. The number of hydrogen-bond acceptors (Lipinski definition) is 8. The van der Waals surface area contributed by atoms with Gasteiger partial charge in [0, 0.05) is 0 Å². The lowest BCUT2D eigenvalue weighted by Crippen LogP contribution is -2.63. The quantitative estimate of drug-likeness (QED) is 0.405. The van der Waals surface area contributed by atoms with E-state index in [1.807, 2.05) is 0 Å². The van der Waals surface area contributed by atoms with E-state index in [2.05, 4.69) is 4.74 Å². The maximum atomic E-state index is 11.2. The van der Waals surface area contributed by atoms with Gasteiger partial charge in [0.2, 0.25) is 0 Å². The van der Waals surface area contributed by atoms with Gasteiger partial charge in [0.15, 0.2) is 12.4 Å². The molecule has 8 heteroatoms. The molecule has 1 fully saturated rings. The molecule has 1 unspecified atom stereocenters. The van der Waals surface area contributed by atoms with Crippen LogP contribution >= 0.6 is 0 Å². The summed E-state index contributed by atoms with van der Waals surface area (Å²) in [5, 5.41) is 28.4. The highest BCUT2D eigenvalue weighted by atomic mass is 16.6. The monoisotopic (exact) mass is 265 g/mol. The van der Waals surface area contributed by atoms with Crippen molar-refractivity contribution in [3.05, 3.63) is 0 Å². The van der Waals surface area contributed by atoms with Gasteiger partial charge in [-0.15, -0.1) is 0 Å². The highest BCUT2D eigenvalue weighted by molar-refractivity contribution is 5.73. The first kappa shape index (κ1) is 15.3. The van der Waals surface area contributed by atoms with Gasteiger partial charge in [-0.1, -0.05) is 0 Å². The van der Waals surface area contributed by atoms with Crippen LogP contribution in [0, 0.1) is 0 Å². The van der Waals surface area contributed by atoms with E-state index in [-0.39, 0.29) is 0 Å². The molecular weight excluding hydrogens is 246 g/mol. The molecule has 5 N–H and O–H groups in total. The van der Waals surface area contributed by atoms with E-state index in [1.165, 1.54) is 14.0 Å². The fraction of sp³-hybridized carbons (Fsp3) is 0.900. The van der Waals surface area contributed by atoms with Crippen LogP contribution in [0.15, 0.2) is 0 Å². The third-order valence-corrected chi connectivity index (χ3v) is 2.81. The van der Waals surface area contributed by atoms with Gasteiger partial charge in [-0.3, -0.25) is 0 Å². The minimum Gasteiger partial charge on any atom is -0.467 e. The zero-order chi connectivity index (χ0) is 13.9. The Bertz CT molecular complexity index is 287. The summed E-state index contributed by atoms with van der Waals surface area (Å²) in [7, 11) is 1.20. The van der Waals surface area contributed by atoms with E-state index in [4.69, 9.17) is 20.3 Å². The van der Waals surface area contributed by atoms with Crippen molar-refractivity contribution in [1.82, 2.24) is 0 Å². The molecule has 18 heavy (non-hydrogen) atoms. The highest BCUT2D eigenvalue weighted by Crippen LogP contribution is 2.22. The van der Waals surface area contributed by atoms with Crippen molar-refractivity contribution in [3.63, 3.8) is 0 Å². The molecule has 6 atom stereocenters. The first-order valence-electron chi connectivity index (χ1n) is 5.53. The lowest BCUT2D eigenvalue weighted by molar-refractivity contribution is -0.263. The van der Waals surface area contributed by atoms with Gasteiger partial charge in [-0.25, -0.2) is 4.79 Å². The van der Waals surface area contributed by atoms with Gasteiger partial charge >= 0.3 is 5.97 Å². The number of aliphatic hydroxyl groups excluding tert-OH is 3. The number of carbonyl (C=O) groups excluding carboxylic acids is 1. The van der Waals surface area contributed by atoms with Crippen LogP contribution in [0.4, 0.5) is 0 Å². The Morgan fingerprint density at radius 1 is 1.50 bits per heavy atom. The normalized spacial score (nSPS) is 38.2. The number of hydrogen-bond donors (Lipinski definition) is 4. The van der Waals surface area contributed by atoms with Crippen LogP contribution in [-0.4, -0.2) is 71.8 Å². The topological polar surface area (TPSA) is 131 Å². The Morgan fingerprint density at radius 2 is 2.11 bits per heavy atom. The van der Waals surface area contributed by atoms with Crippen LogP contribution in [0.1, 0.15) is 6.92 Å². The fourth-order valence-corrected chi connectivity index (χ4v) is 1.73. The predicted molar refractivity (Wildman–Crippen MR) is 58.3 cm³/mol. The number of methoxy groups -OCH3 is 1. The molecular formula is C10H19NO7. The summed E-state index contributed by atoms with van der Waals surface area (Å²) < 4.78 is 14.6. The Labute approximate surface area is 104 Å². The summed E-state index contributed by atoms with van der Waals surface area (Å²) in [6.45, 7) is 0.929. The molecule has 0 bridgehead atoms. The zero-order valence-corrected chi connectivity index (χ0v) is 10.2. The van der Waals surface area contributed by atoms with Crippen molar-refractivity contribution in [1.29, 1.82) is 0 Å². The Hall–Kier alpha value is -0.770. The molecule has 8 nitrogen and oxygen atoms in total. The van der Waals surface area contributed by atoms with Crippen molar-refractivity contribution in [2.45, 2.75) is 43.7 Å². The molecule has 0 aliphatic carbocycles. The standard InChI is InChI=1S/C10H19NO7/c1-4(9(14)16-2)17-8-6(11)10(15)18-5(3-12)7(8)13/h4-8,10,12-13,15H,3,11H2,1-2H3/t4-,5-,6-,7-,8-,10?/m1/s1. The molecule has 1 aliphatic rings. The maximum absolute atomic E-state index is 11.2. The highest BCUT2D eigenvalue weighted by Gasteiger charge is 2.44. The summed E-state index contributed by atoms with van der Waals surface area (Å²) >= 11 is 0. The molecule has 0 aromatic carbocycles. The lowest BCUT2D eigenvalue weighted by atomic mass is 9.97. The van der Waals surface area contributed by atoms with E-state index < -0.39 is 49.3 Å². The van der Waals surface area contributed by atoms with Crippen LogP contribution in [0.3, 0.4) is 0 Å². The second-order valence-corrected chi connectivity index (χ2v) is 4.08. The Morgan fingerprint density at radius 3 is 2.61 bits per heavy atom. The summed E-state index contributed by atoms with van der Waals surface area (Å²) in [5.41, 5.74) is 5.63. The van der Waals surface area contributed by atoms with Crippen molar-refractivity contribution >= 4 is 5.97 Å². The largest absolute Gasteiger partial charge is 0.467 e. The second-order valence-electron chi connectivity index (χ2n) is 4.08. The van der Waals surface area contributed by atoms with E-state index in [0.717, 1.165) is 0 Å². The van der Waals surface area contributed by atoms with Gasteiger partial charge in [0.1, 0.15) is 18.3 Å². The van der Waals surface area contributed by atoms with Crippen molar-refractivity contribution in [2.75, 3.05) is 13.7 Å². The van der Waals surface area contributed by atoms with Crippen molar-refractivity contribution in [3.8, 4) is 0 Å². The van der Waals surface area contributed by atoms with Crippen molar-refractivity contribution in [2.24, 2.45) is 5.73 Å². The molecule has 0 aromatic heterocycles. The average Bonchev–Trinajstić information content (AvgIpc) is 2.37. The summed E-state index contributed by atoms with van der Waals surface area (Å²) in [6, 6.07) is -1.03. The van der Waals surface area contributed by atoms with Crippen LogP contribution < -0.4 is 5.73 Å². The smallest absolute Gasteiger partial charge is 0.334 e. The number of ether oxygens (including phenoxy) is 3. The first-order valence-corrected chi connectivity index (χ1v) is 5.53. The lowest BCUT2D eigenvalue weighted by Gasteiger charge is -2.41. The van der Waals surface area contributed by atoms with Gasteiger partial charge in [0.05, 0.1) is 19.8 Å². The molecule has 0 saturated carbocycles. The summed E-state index contributed by atoms with van der Waals surface area (Å²) in [6.07, 6.45) is -5.65. The predicted octanol–water partition coefficient (Wildman–Crippen LogP) is -2.67. The number of nitrogens with two attached hydrogens (primary N) is 1. The molecule has 1 heterocycles. The first-order chi connectivity index (χ1) is 8.42. The molecule has 106 valence electrons. The SMILES string of the molecule is COC(=O)[C@@H](C)O[C@H]1[C@H](O)[C@@H](CO)OC(O)[C@@H]1N. The molecule has 0 spiro atoms. The van der Waals surface area contributed by atoms with Crippen molar-refractivity contribution < 1.29 is 34.3 Å². The van der Waals surface area contributed by atoms with Crippen LogP contribution in [-0.2, 0) is 19.0 Å². The third kappa shape index (κ3) is 3.16. The van der Waals surface area contributed by atoms with Gasteiger partial charge < -0.3 is 35.3 Å². The van der Waals surface area contributed by atoms with E-state index in [0.29, 0.717) is 0 Å². The second kappa shape index (κ2) is 6.41. The van der Waals surface area contributed by atoms with Crippen LogP contribution in [0.25, 0.3) is 0 Å². The molecule has 0 aromatic rings. The van der Waals surface area contributed by atoms with E-state index in [9.17, 15) is 15.0 Å². The Kier molecular flexibility index (Phi) is 5.45. The Balaban J connectivity index is 2.73. The van der Waals surface area contributed by atoms with E-state index in [1.54, 1.807) is 0 Å². The molecule has 0 amide bonds. The average molecular weight is 265 g/mol. The molecule has 1 saturated heterocycles. The number of carbonyl (C=O) groups is 1. The fourth-order valence-electron chi connectivity index (χ4n) is 1.73. The van der Waals surface area contributed by atoms with Gasteiger partial charge in [-0.2, -0.15) is 0 Å². The number of rotatable bonds is 4. The van der Waals surface area contributed by atoms with Crippen LogP contribution in [0.5, 0.6) is 0 Å². The molecule has 0 radical (unpaired) electrons. The van der Waals surface area contributed by atoms with Gasteiger partial charge in [-0.05, 0) is 6.92 Å². The summed E-state index contributed by atoms with van der Waals surface area (Å²) in [5.74, 6) is -0.629. The van der Waals surface area contributed by atoms with E-state index >= 15 is 0 Å². The third-order valence-electron chi connectivity index (χ3n) is 2.81. The minimum absolute atomic E-state index is 0.503.